The minimum atomic E-state index is -0.0324. The average Bonchev–Trinajstić information content (AvgIpc) is 3.48. The lowest BCUT2D eigenvalue weighted by molar-refractivity contribution is -0.0372. The first-order valence-electron chi connectivity index (χ1n) is 13.3. The highest BCUT2D eigenvalue weighted by Crippen LogP contribution is 2.47. The molecule has 2 aromatic heterocycles. The van der Waals surface area contributed by atoms with Gasteiger partial charge < -0.3 is 19.7 Å². The maximum Gasteiger partial charge on any atom is 0.182 e. The van der Waals surface area contributed by atoms with Crippen molar-refractivity contribution in [1.29, 1.82) is 0 Å². The fraction of sp³-hybridized carbons (Fsp3) is 0.593. The van der Waals surface area contributed by atoms with Crippen LogP contribution in [0.15, 0.2) is 30.5 Å². The molecule has 4 heterocycles. The molecule has 3 fully saturated rings. The summed E-state index contributed by atoms with van der Waals surface area (Å²) in [4.78, 5) is 12.3. The van der Waals surface area contributed by atoms with Gasteiger partial charge in [0, 0.05) is 32.3 Å². The number of halogens is 1. The van der Waals surface area contributed by atoms with Crippen molar-refractivity contribution in [2.45, 2.75) is 70.2 Å². The van der Waals surface area contributed by atoms with E-state index in [4.69, 9.17) is 24.5 Å². The van der Waals surface area contributed by atoms with E-state index in [1.807, 2.05) is 23.0 Å². The molecule has 192 valence electrons. The van der Waals surface area contributed by atoms with Crippen LogP contribution in [0.4, 0.5) is 5.82 Å². The Bertz CT molecular complexity index is 1180. The molecule has 1 N–H and O–H groups in total. The normalized spacial score (nSPS) is 24.0. The summed E-state index contributed by atoms with van der Waals surface area (Å²) in [6, 6.07) is 8.99. The van der Waals surface area contributed by atoms with E-state index in [-0.39, 0.29) is 6.23 Å². The first-order chi connectivity index (χ1) is 17.6. The van der Waals surface area contributed by atoms with Gasteiger partial charge in [0.1, 0.15) is 17.1 Å². The summed E-state index contributed by atoms with van der Waals surface area (Å²) in [7, 11) is 1.71. The van der Waals surface area contributed by atoms with Gasteiger partial charge in [-0.15, -0.1) is 0 Å². The summed E-state index contributed by atoms with van der Waals surface area (Å²) in [5, 5.41) is 8.65. The van der Waals surface area contributed by atoms with E-state index in [1.54, 1.807) is 7.11 Å². The van der Waals surface area contributed by atoms with Gasteiger partial charge in [-0.1, -0.05) is 18.6 Å². The summed E-state index contributed by atoms with van der Waals surface area (Å²) in [6.45, 7) is 3.74. The number of benzene rings is 1. The Hall–Kier alpha value is -1.98. The Morgan fingerprint density at radius 2 is 1.94 bits per heavy atom. The zero-order chi connectivity index (χ0) is 24.5. The average molecular weight is 603 g/mol. The van der Waals surface area contributed by atoms with E-state index >= 15 is 0 Å². The van der Waals surface area contributed by atoms with Gasteiger partial charge in [-0.3, -0.25) is 0 Å². The number of ether oxygens (including phenoxy) is 2. The summed E-state index contributed by atoms with van der Waals surface area (Å²) in [5.41, 5.74) is 3.42. The highest BCUT2D eigenvalue weighted by atomic mass is 127. The quantitative estimate of drug-likeness (QED) is 0.395. The van der Waals surface area contributed by atoms with Crippen LogP contribution in [0.1, 0.15) is 63.2 Å². The van der Waals surface area contributed by atoms with E-state index in [2.05, 4.69) is 44.9 Å². The van der Waals surface area contributed by atoms with Crippen LogP contribution in [0.5, 0.6) is 5.75 Å². The minimum absolute atomic E-state index is 0.0324. The molecular weight excluding hydrogens is 567 g/mol. The lowest BCUT2D eigenvalue weighted by Crippen LogP contribution is -2.48. The monoisotopic (exact) mass is 602 g/mol. The molecule has 3 aromatic rings. The Morgan fingerprint density at radius 1 is 1.11 bits per heavy atom. The molecule has 0 bridgehead atoms. The Labute approximate surface area is 226 Å². The molecule has 1 saturated carbocycles. The number of hydrogen-bond acceptors (Lipinski definition) is 7. The predicted molar refractivity (Wildman–Crippen MR) is 148 cm³/mol. The molecule has 2 unspecified atom stereocenters. The number of piperidine rings is 1. The molecule has 1 aliphatic carbocycles. The minimum Gasteiger partial charge on any atom is -0.497 e. The molecular formula is C27H35IN6O2. The van der Waals surface area contributed by atoms with Crippen LogP contribution in [0.2, 0.25) is 0 Å². The van der Waals surface area contributed by atoms with Crippen molar-refractivity contribution in [3.8, 4) is 5.75 Å². The third-order valence-electron chi connectivity index (χ3n) is 8.48. The Kier molecular flexibility index (Phi) is 7.05. The molecule has 2 aliphatic heterocycles. The van der Waals surface area contributed by atoms with Crippen LogP contribution in [-0.4, -0.2) is 52.6 Å². The summed E-state index contributed by atoms with van der Waals surface area (Å²) in [5.74, 6) is 1.88. The van der Waals surface area contributed by atoms with Crippen LogP contribution in [0, 0.1) is 9.12 Å². The lowest BCUT2D eigenvalue weighted by Gasteiger charge is -2.44. The van der Waals surface area contributed by atoms with Gasteiger partial charge >= 0.3 is 0 Å². The van der Waals surface area contributed by atoms with Crippen molar-refractivity contribution in [3.05, 3.63) is 39.7 Å². The van der Waals surface area contributed by atoms with Gasteiger partial charge in [-0.25, -0.2) is 14.6 Å². The smallest absolute Gasteiger partial charge is 0.182 e. The Balaban J connectivity index is 1.13. The van der Waals surface area contributed by atoms with Crippen LogP contribution in [-0.2, 0) is 11.3 Å². The van der Waals surface area contributed by atoms with Gasteiger partial charge in [0.15, 0.2) is 15.6 Å². The van der Waals surface area contributed by atoms with Crippen molar-refractivity contribution in [2.75, 3.05) is 31.7 Å². The molecule has 6 rings (SSSR count). The van der Waals surface area contributed by atoms with E-state index < -0.39 is 0 Å². The first kappa shape index (κ1) is 24.4. The molecule has 9 heteroatoms. The molecule has 1 aromatic carbocycles. The molecule has 1 spiro atoms. The topological polar surface area (TPSA) is 77.3 Å². The van der Waals surface area contributed by atoms with E-state index in [9.17, 15) is 0 Å². The van der Waals surface area contributed by atoms with Gasteiger partial charge in [-0.05, 0) is 90.6 Å². The summed E-state index contributed by atoms with van der Waals surface area (Å²) < 4.78 is 14.2. The number of fused-ring (bicyclic) bond motifs is 1. The van der Waals surface area contributed by atoms with Gasteiger partial charge in [0.25, 0.3) is 0 Å². The van der Waals surface area contributed by atoms with Crippen LogP contribution in [0.3, 0.4) is 0 Å². The van der Waals surface area contributed by atoms with E-state index in [0.717, 1.165) is 71.9 Å². The second-order valence-electron chi connectivity index (χ2n) is 10.5. The van der Waals surface area contributed by atoms with Crippen LogP contribution in [0.25, 0.3) is 11.2 Å². The van der Waals surface area contributed by atoms with Crippen LogP contribution >= 0.6 is 22.6 Å². The second kappa shape index (κ2) is 10.4. The van der Waals surface area contributed by atoms with Gasteiger partial charge in [0.05, 0.1) is 13.3 Å². The standard InChI is InChI=1S/C27H35IN6O2/c1-35-20-9-7-19(8-10-20)17-29-21-5-4-11-27(21)12-14-33(15-13-27)22-18-30-24-25(28)32-34(26(24)31-22)23-6-2-3-16-36-23/h7-10,18,21,23,29H,2-6,11-17H2,1H3. The van der Waals surface area contributed by atoms with Crippen molar-refractivity contribution in [2.24, 2.45) is 5.41 Å². The van der Waals surface area contributed by atoms with E-state index in [0.29, 0.717) is 11.5 Å². The zero-order valence-corrected chi connectivity index (χ0v) is 23.1. The SMILES string of the molecule is COc1ccc(CNC2CCCC23CCN(c2cnc4c(I)nn(C5CCCCO5)c4n2)CC3)cc1. The van der Waals surface area contributed by atoms with Crippen molar-refractivity contribution in [3.63, 3.8) is 0 Å². The van der Waals surface area contributed by atoms with Crippen molar-refractivity contribution >= 4 is 39.6 Å². The van der Waals surface area contributed by atoms with Gasteiger partial charge in [0.2, 0.25) is 0 Å². The number of methoxy groups -OCH3 is 1. The lowest BCUT2D eigenvalue weighted by atomic mass is 9.74. The number of anilines is 1. The molecule has 0 radical (unpaired) electrons. The molecule has 3 aliphatic rings. The molecule has 36 heavy (non-hydrogen) atoms. The number of rotatable bonds is 6. The maximum absolute atomic E-state index is 6.01. The third-order valence-corrected chi connectivity index (χ3v) is 9.21. The molecule has 2 atom stereocenters. The molecule has 8 nitrogen and oxygen atoms in total. The number of aromatic nitrogens is 4. The highest BCUT2D eigenvalue weighted by molar-refractivity contribution is 14.1. The van der Waals surface area contributed by atoms with Crippen LogP contribution < -0.4 is 15.0 Å². The van der Waals surface area contributed by atoms with Crippen molar-refractivity contribution in [1.82, 2.24) is 25.1 Å². The highest BCUT2D eigenvalue weighted by Gasteiger charge is 2.44. The fourth-order valence-corrected chi connectivity index (χ4v) is 6.97. The third kappa shape index (κ3) is 4.69. The van der Waals surface area contributed by atoms with E-state index in [1.165, 1.54) is 37.7 Å². The Morgan fingerprint density at radius 3 is 2.69 bits per heavy atom. The fourth-order valence-electron chi connectivity index (χ4n) is 6.36. The predicted octanol–water partition coefficient (Wildman–Crippen LogP) is 5.07. The first-order valence-corrected chi connectivity index (χ1v) is 14.4. The molecule has 2 saturated heterocycles. The van der Waals surface area contributed by atoms with Crippen molar-refractivity contribution < 1.29 is 9.47 Å². The molecule has 0 amide bonds. The zero-order valence-electron chi connectivity index (χ0n) is 21.0. The number of nitrogens with zero attached hydrogens (tertiary/aromatic N) is 5. The number of hydrogen-bond donors (Lipinski definition) is 1. The number of nitrogens with one attached hydrogen (secondary N) is 1. The summed E-state index contributed by atoms with van der Waals surface area (Å²) in [6.07, 6.45) is 11.4. The van der Waals surface area contributed by atoms with Gasteiger partial charge in [-0.2, -0.15) is 5.10 Å². The second-order valence-corrected chi connectivity index (χ2v) is 11.5. The maximum atomic E-state index is 6.01. The largest absolute Gasteiger partial charge is 0.497 e. The summed E-state index contributed by atoms with van der Waals surface area (Å²) >= 11 is 2.26.